The second-order valence-corrected chi connectivity index (χ2v) is 6.98. The van der Waals surface area contributed by atoms with Crippen molar-refractivity contribution in [2.24, 2.45) is 0 Å². The summed E-state index contributed by atoms with van der Waals surface area (Å²) in [5, 5.41) is 0. The van der Waals surface area contributed by atoms with Gasteiger partial charge >= 0.3 is 0 Å². The summed E-state index contributed by atoms with van der Waals surface area (Å²) in [7, 11) is 1.97. The zero-order chi connectivity index (χ0) is 16.4. The number of amides is 1. The van der Waals surface area contributed by atoms with E-state index in [-0.39, 0.29) is 5.91 Å². The van der Waals surface area contributed by atoms with E-state index in [1.54, 1.807) is 0 Å². The van der Waals surface area contributed by atoms with Crippen LogP contribution in [0.4, 0.5) is 17.2 Å². The van der Waals surface area contributed by atoms with Gasteiger partial charge in [-0.05, 0) is 45.8 Å². The molecule has 0 atom stereocenters. The van der Waals surface area contributed by atoms with E-state index in [1.807, 2.05) is 23.8 Å². The van der Waals surface area contributed by atoms with E-state index in [2.05, 4.69) is 43.0 Å². The Balaban J connectivity index is 1.99. The molecule has 0 saturated carbocycles. The Morgan fingerprint density at radius 1 is 1.22 bits per heavy atom. The van der Waals surface area contributed by atoms with Crippen LogP contribution in [0.3, 0.4) is 0 Å². The second kappa shape index (κ2) is 4.60. The number of carbonyl (C=O) groups excluding carboxylic acids is 1. The Kier molecular flexibility index (Phi) is 2.86. The molecule has 2 aliphatic heterocycles. The lowest BCUT2D eigenvalue weighted by atomic mass is 10.1. The molecule has 120 valence electrons. The molecular formula is C18H22N4O. The molecule has 0 N–H and O–H groups in total. The fourth-order valence-electron chi connectivity index (χ4n) is 3.92. The molecule has 3 aliphatic rings. The monoisotopic (exact) mass is 310 g/mol. The summed E-state index contributed by atoms with van der Waals surface area (Å²) in [5.74, 6) is 1.02. The molecule has 1 aromatic heterocycles. The third-order valence-electron chi connectivity index (χ3n) is 4.88. The van der Waals surface area contributed by atoms with Crippen LogP contribution in [0, 0.1) is 6.92 Å². The Morgan fingerprint density at radius 3 is 2.70 bits per heavy atom. The van der Waals surface area contributed by atoms with Crippen molar-refractivity contribution in [2.45, 2.75) is 39.3 Å². The largest absolute Gasteiger partial charge is 0.363 e. The number of aryl methyl sites for hydroxylation is 1. The van der Waals surface area contributed by atoms with Gasteiger partial charge in [-0.15, -0.1) is 0 Å². The highest BCUT2D eigenvalue weighted by Gasteiger charge is 2.51. The number of pyridine rings is 1. The second-order valence-electron chi connectivity index (χ2n) is 6.98. The number of hydrogen-bond acceptors (Lipinski definition) is 4. The molecule has 0 saturated heterocycles. The lowest BCUT2D eigenvalue weighted by molar-refractivity contribution is -0.118. The molecule has 0 spiro atoms. The maximum atomic E-state index is 12.8. The lowest BCUT2D eigenvalue weighted by Gasteiger charge is -2.42. The minimum absolute atomic E-state index is 0.125. The van der Waals surface area contributed by atoms with Crippen LogP contribution < -0.4 is 14.7 Å². The number of carbonyl (C=O) groups is 1. The average Bonchev–Trinajstić information content (AvgIpc) is 2.72. The van der Waals surface area contributed by atoms with Crippen molar-refractivity contribution in [1.29, 1.82) is 0 Å². The van der Waals surface area contributed by atoms with Crippen molar-refractivity contribution in [2.75, 3.05) is 28.3 Å². The van der Waals surface area contributed by atoms with Gasteiger partial charge in [-0.2, -0.15) is 0 Å². The molecule has 0 aromatic carbocycles. The van der Waals surface area contributed by atoms with Gasteiger partial charge in [0.1, 0.15) is 11.4 Å². The normalized spacial score (nSPS) is 21.7. The third-order valence-corrected chi connectivity index (χ3v) is 4.88. The Morgan fingerprint density at radius 2 is 2.00 bits per heavy atom. The molecule has 0 bridgehead atoms. The van der Waals surface area contributed by atoms with Crippen LogP contribution in [0.1, 0.15) is 32.4 Å². The van der Waals surface area contributed by atoms with E-state index in [1.165, 1.54) is 0 Å². The summed E-state index contributed by atoms with van der Waals surface area (Å²) in [5.41, 5.74) is 3.68. The minimum atomic E-state index is -0.455. The summed E-state index contributed by atoms with van der Waals surface area (Å²) in [6.07, 6.45) is 8.68. The van der Waals surface area contributed by atoms with Gasteiger partial charge < -0.3 is 9.80 Å². The summed E-state index contributed by atoms with van der Waals surface area (Å²) < 4.78 is 0. The first kappa shape index (κ1) is 14.3. The van der Waals surface area contributed by atoms with Gasteiger partial charge in [0, 0.05) is 18.4 Å². The Labute approximate surface area is 136 Å². The van der Waals surface area contributed by atoms with Crippen LogP contribution in [0.15, 0.2) is 30.0 Å². The smallest absolute Gasteiger partial charge is 0.248 e. The summed E-state index contributed by atoms with van der Waals surface area (Å²) >= 11 is 0. The van der Waals surface area contributed by atoms with Crippen molar-refractivity contribution in [3.63, 3.8) is 0 Å². The van der Waals surface area contributed by atoms with Crippen LogP contribution in [0.5, 0.6) is 0 Å². The highest BCUT2D eigenvalue weighted by atomic mass is 16.2. The number of nitrogens with zero attached hydrogens (tertiary/aromatic N) is 4. The van der Waals surface area contributed by atoms with E-state index >= 15 is 0 Å². The fraction of sp³-hybridized carbons (Fsp3) is 0.444. The maximum Gasteiger partial charge on any atom is 0.248 e. The standard InChI is InChI=1S/C18H22N4O/c1-12-10-14-16-17(19-12)21(13-8-6-5-7-9-13)18(2,3)22(16)15(23)11-20(14)4/h6,8-10H,5,7,11H2,1-4H3. The molecule has 1 amide bonds. The lowest BCUT2D eigenvalue weighted by Crippen LogP contribution is -2.57. The first-order chi connectivity index (χ1) is 10.9. The van der Waals surface area contributed by atoms with Crippen molar-refractivity contribution in [3.05, 3.63) is 35.7 Å². The molecular weight excluding hydrogens is 288 g/mol. The first-order valence-electron chi connectivity index (χ1n) is 8.14. The molecule has 23 heavy (non-hydrogen) atoms. The molecule has 1 aliphatic carbocycles. The third kappa shape index (κ3) is 1.85. The predicted octanol–water partition coefficient (Wildman–Crippen LogP) is 2.96. The molecule has 0 unspecified atom stereocenters. The number of aromatic nitrogens is 1. The quantitative estimate of drug-likeness (QED) is 0.799. The highest BCUT2D eigenvalue weighted by Crippen LogP contribution is 2.52. The van der Waals surface area contributed by atoms with Gasteiger partial charge in [-0.1, -0.05) is 12.2 Å². The van der Waals surface area contributed by atoms with Gasteiger partial charge in [0.15, 0.2) is 5.82 Å². The van der Waals surface area contributed by atoms with Gasteiger partial charge in [0.2, 0.25) is 5.91 Å². The number of hydrogen-bond donors (Lipinski definition) is 0. The fourth-order valence-corrected chi connectivity index (χ4v) is 3.92. The van der Waals surface area contributed by atoms with Crippen molar-refractivity contribution in [1.82, 2.24) is 4.98 Å². The summed E-state index contributed by atoms with van der Waals surface area (Å²) in [4.78, 5) is 23.7. The highest BCUT2D eigenvalue weighted by molar-refractivity contribution is 6.10. The van der Waals surface area contributed by atoms with E-state index in [0.29, 0.717) is 6.54 Å². The summed E-state index contributed by atoms with van der Waals surface area (Å²) in [6.45, 7) is 6.61. The van der Waals surface area contributed by atoms with E-state index < -0.39 is 5.66 Å². The maximum absolute atomic E-state index is 12.8. The number of likely N-dealkylation sites (N-methyl/N-ethyl adjacent to an activating group) is 1. The number of allylic oxidation sites excluding steroid dienone is 3. The van der Waals surface area contributed by atoms with Gasteiger partial charge in [0.05, 0.1) is 12.2 Å². The van der Waals surface area contributed by atoms with Crippen molar-refractivity contribution < 1.29 is 4.79 Å². The van der Waals surface area contributed by atoms with Crippen LogP contribution in [0.25, 0.3) is 0 Å². The molecule has 0 fully saturated rings. The predicted molar refractivity (Wildman–Crippen MR) is 92.7 cm³/mol. The molecule has 4 rings (SSSR count). The van der Waals surface area contributed by atoms with E-state index in [9.17, 15) is 4.79 Å². The van der Waals surface area contributed by atoms with Crippen LogP contribution >= 0.6 is 0 Å². The van der Waals surface area contributed by atoms with Crippen LogP contribution in [-0.2, 0) is 4.79 Å². The Bertz CT molecular complexity index is 763. The van der Waals surface area contributed by atoms with Gasteiger partial charge in [-0.3, -0.25) is 9.69 Å². The van der Waals surface area contributed by atoms with E-state index in [0.717, 1.165) is 41.4 Å². The zero-order valence-corrected chi connectivity index (χ0v) is 14.1. The minimum Gasteiger partial charge on any atom is -0.363 e. The topological polar surface area (TPSA) is 39.7 Å². The zero-order valence-electron chi connectivity index (χ0n) is 14.1. The van der Waals surface area contributed by atoms with E-state index in [4.69, 9.17) is 4.98 Å². The summed E-state index contributed by atoms with van der Waals surface area (Å²) in [6, 6.07) is 2.07. The Hall–Kier alpha value is -2.30. The SMILES string of the molecule is Cc1cc2c3c(n1)N(C1=CCCC=C1)C(C)(C)N3C(=O)CN2C. The number of anilines is 3. The molecule has 5 heteroatoms. The average molecular weight is 310 g/mol. The van der Waals surface area contributed by atoms with Gasteiger partial charge in [0.25, 0.3) is 0 Å². The molecule has 0 radical (unpaired) electrons. The van der Waals surface area contributed by atoms with Crippen molar-refractivity contribution in [3.8, 4) is 0 Å². The van der Waals surface area contributed by atoms with Gasteiger partial charge in [-0.25, -0.2) is 4.98 Å². The molecule has 1 aromatic rings. The van der Waals surface area contributed by atoms with Crippen LogP contribution in [0.2, 0.25) is 0 Å². The molecule has 5 nitrogen and oxygen atoms in total. The number of rotatable bonds is 1. The van der Waals surface area contributed by atoms with Crippen LogP contribution in [-0.4, -0.2) is 30.1 Å². The van der Waals surface area contributed by atoms with Crippen molar-refractivity contribution >= 4 is 23.1 Å². The molecule has 3 heterocycles. The first-order valence-corrected chi connectivity index (χ1v) is 8.14.